The van der Waals surface area contributed by atoms with E-state index in [4.69, 9.17) is 1.37 Å². The average molecular weight is 161 g/mol. The first kappa shape index (κ1) is 6.71. The van der Waals surface area contributed by atoms with Gasteiger partial charge in [0.2, 0.25) is 0 Å². The molecule has 1 fully saturated rings. The first-order chi connectivity index (χ1) is 6.21. The van der Waals surface area contributed by atoms with E-state index in [0.29, 0.717) is 0 Å². The highest BCUT2D eigenvalue weighted by molar-refractivity contribution is 5.24. The van der Waals surface area contributed by atoms with E-state index in [1.54, 1.807) is 0 Å². The molecule has 0 amide bonds. The fourth-order valence-corrected chi connectivity index (χ4v) is 1.88. The molecular weight excluding hydrogens is 144 g/mol. The van der Waals surface area contributed by atoms with Crippen LogP contribution >= 0.6 is 0 Å². The average Bonchev–Trinajstić information content (AvgIpc) is 2.54. The van der Waals surface area contributed by atoms with E-state index < -0.39 is 0 Å². The highest BCUT2D eigenvalue weighted by Gasteiger charge is 2.15. The second kappa shape index (κ2) is 3.30. The molecule has 0 aliphatic heterocycles. The van der Waals surface area contributed by atoms with Crippen LogP contribution < -0.4 is 0 Å². The van der Waals surface area contributed by atoms with Crippen molar-refractivity contribution in [1.29, 1.82) is 0 Å². The summed E-state index contributed by atoms with van der Waals surface area (Å²) in [6.07, 6.45) is 4.51. The second-order valence-corrected chi connectivity index (χ2v) is 3.68. The number of hydrogen-bond acceptors (Lipinski definition) is 0. The molecule has 1 aromatic rings. The molecule has 0 unspecified atom stereocenters. The lowest BCUT2D eigenvalue weighted by molar-refractivity contribution is 0.723. The zero-order chi connectivity index (χ0) is 9.31. The summed E-state index contributed by atoms with van der Waals surface area (Å²) in [5, 5.41) is 0. The topological polar surface area (TPSA) is 0 Å². The first-order valence-corrected chi connectivity index (χ1v) is 4.78. The van der Waals surface area contributed by atoms with Crippen LogP contribution in [0.25, 0.3) is 0 Å². The molecule has 64 valence electrons. The van der Waals surface area contributed by atoms with Gasteiger partial charge in [-0.3, -0.25) is 0 Å². The van der Waals surface area contributed by atoms with Gasteiger partial charge in [0.1, 0.15) is 0 Å². The number of rotatable bonds is 1. The third-order valence-corrected chi connectivity index (χ3v) is 2.67. The second-order valence-electron chi connectivity index (χ2n) is 3.68. The van der Waals surface area contributed by atoms with Crippen molar-refractivity contribution in [2.75, 3.05) is 0 Å². The highest BCUT2D eigenvalue weighted by Crippen LogP contribution is 2.33. The van der Waals surface area contributed by atoms with E-state index in [0.717, 1.165) is 12.8 Å². The number of aryl methyl sites for hydroxylation is 1. The lowest BCUT2D eigenvalue weighted by atomic mass is 9.97. The Balaban J connectivity index is 2.29. The molecule has 0 bridgehead atoms. The number of benzene rings is 1. The maximum Gasteiger partial charge on any atom is 0.0352 e. The molecule has 0 heteroatoms. The maximum absolute atomic E-state index is 8.29. The molecule has 0 nitrogen and oxygen atoms in total. The van der Waals surface area contributed by atoms with Crippen LogP contribution in [0.15, 0.2) is 24.3 Å². The van der Waals surface area contributed by atoms with Gasteiger partial charge in [0.05, 0.1) is 0 Å². The maximum atomic E-state index is 8.29. The van der Waals surface area contributed by atoms with E-state index in [1.165, 1.54) is 24.0 Å². The van der Waals surface area contributed by atoms with Gasteiger partial charge in [-0.25, -0.2) is 0 Å². The van der Waals surface area contributed by atoms with Gasteiger partial charge in [-0.05, 0) is 31.2 Å². The van der Waals surface area contributed by atoms with Crippen LogP contribution in [-0.2, 0) is 0 Å². The molecular formula is C12H16. The van der Waals surface area contributed by atoms with Crippen LogP contribution in [0.1, 0.15) is 44.1 Å². The zero-order valence-corrected chi connectivity index (χ0v) is 7.64. The summed E-state index contributed by atoms with van der Waals surface area (Å²) in [5.41, 5.74) is 2.49. The summed E-state index contributed by atoms with van der Waals surface area (Å²) in [4.78, 5) is 0. The van der Waals surface area contributed by atoms with Gasteiger partial charge in [0, 0.05) is 1.37 Å². The predicted octanol–water partition coefficient (Wildman–Crippen LogP) is 3.65. The van der Waals surface area contributed by atoms with E-state index >= 15 is 0 Å². The van der Waals surface area contributed by atoms with Crippen LogP contribution in [0.3, 0.4) is 0 Å². The fourth-order valence-electron chi connectivity index (χ4n) is 1.88. The molecule has 0 heterocycles. The Morgan fingerprint density at radius 1 is 1.17 bits per heavy atom. The summed E-state index contributed by atoms with van der Waals surface area (Å²) in [6.45, 7) is 2.09. The Morgan fingerprint density at radius 2 is 1.75 bits per heavy atom. The monoisotopic (exact) mass is 161 g/mol. The van der Waals surface area contributed by atoms with Crippen molar-refractivity contribution in [3.63, 3.8) is 0 Å². The van der Waals surface area contributed by atoms with E-state index in [2.05, 4.69) is 31.2 Å². The molecule has 0 N–H and O–H groups in total. The largest absolute Gasteiger partial charge is 0.0590 e. The summed E-state index contributed by atoms with van der Waals surface area (Å²) in [6, 6.07) is 8.47. The van der Waals surface area contributed by atoms with Gasteiger partial charge in [0.15, 0.2) is 0 Å². The lowest BCUT2D eigenvalue weighted by Crippen LogP contribution is -1.90. The molecule has 2 rings (SSSR count). The van der Waals surface area contributed by atoms with E-state index in [1.807, 2.05) is 0 Å². The van der Waals surface area contributed by atoms with E-state index in [-0.39, 0.29) is 5.89 Å². The lowest BCUT2D eigenvalue weighted by Gasteiger charge is -2.08. The molecule has 12 heavy (non-hydrogen) atoms. The van der Waals surface area contributed by atoms with Crippen LogP contribution in [-0.4, -0.2) is 0 Å². The standard InChI is InChI=1S/C12H16/c1-10-6-8-12(9-7-10)11-4-2-3-5-11/h6-9,11H,2-5H2,1H3/i11D. The third-order valence-electron chi connectivity index (χ3n) is 2.67. The Hall–Kier alpha value is -0.780. The van der Waals surface area contributed by atoms with Gasteiger partial charge in [0.25, 0.3) is 0 Å². The molecule has 0 radical (unpaired) electrons. The molecule has 0 saturated heterocycles. The van der Waals surface area contributed by atoms with Gasteiger partial charge >= 0.3 is 0 Å². The minimum Gasteiger partial charge on any atom is -0.0590 e. The Morgan fingerprint density at radius 3 is 2.33 bits per heavy atom. The Labute approximate surface area is 76.0 Å². The van der Waals surface area contributed by atoms with Crippen LogP contribution in [0.4, 0.5) is 0 Å². The molecule has 0 aromatic heterocycles. The molecule has 1 aromatic carbocycles. The Bertz CT molecular complexity index is 280. The minimum atomic E-state index is -0.270. The number of hydrogen-bond donors (Lipinski definition) is 0. The molecule has 1 aliphatic rings. The van der Waals surface area contributed by atoms with Crippen molar-refractivity contribution in [2.24, 2.45) is 0 Å². The first-order valence-electron chi connectivity index (χ1n) is 5.28. The van der Waals surface area contributed by atoms with Crippen molar-refractivity contribution < 1.29 is 1.37 Å². The summed E-state index contributed by atoms with van der Waals surface area (Å²) in [5.74, 6) is -0.270. The van der Waals surface area contributed by atoms with E-state index in [9.17, 15) is 0 Å². The Kier molecular flexibility index (Phi) is 1.85. The highest BCUT2D eigenvalue weighted by atomic mass is 14.2. The SMILES string of the molecule is [2H]C1(c2ccc(C)cc2)CCCC1. The molecule has 0 spiro atoms. The molecule has 0 atom stereocenters. The summed E-state index contributed by atoms with van der Waals surface area (Å²) in [7, 11) is 0. The van der Waals surface area contributed by atoms with Crippen molar-refractivity contribution in [3.8, 4) is 0 Å². The predicted molar refractivity (Wildman–Crippen MR) is 52.4 cm³/mol. The molecule has 1 saturated carbocycles. The van der Waals surface area contributed by atoms with Gasteiger partial charge in [-0.1, -0.05) is 42.7 Å². The van der Waals surface area contributed by atoms with Crippen molar-refractivity contribution in [3.05, 3.63) is 35.4 Å². The zero-order valence-electron chi connectivity index (χ0n) is 8.64. The van der Waals surface area contributed by atoms with Gasteiger partial charge in [-0.15, -0.1) is 0 Å². The fraction of sp³-hybridized carbons (Fsp3) is 0.500. The third kappa shape index (κ3) is 1.52. The van der Waals surface area contributed by atoms with Crippen molar-refractivity contribution in [1.82, 2.24) is 0 Å². The summed E-state index contributed by atoms with van der Waals surface area (Å²) < 4.78 is 8.29. The summed E-state index contributed by atoms with van der Waals surface area (Å²) >= 11 is 0. The van der Waals surface area contributed by atoms with Gasteiger partial charge < -0.3 is 0 Å². The van der Waals surface area contributed by atoms with Crippen molar-refractivity contribution in [2.45, 2.75) is 38.5 Å². The van der Waals surface area contributed by atoms with Crippen LogP contribution in [0, 0.1) is 6.92 Å². The van der Waals surface area contributed by atoms with Gasteiger partial charge in [-0.2, -0.15) is 0 Å². The smallest absolute Gasteiger partial charge is 0.0352 e. The van der Waals surface area contributed by atoms with Crippen LogP contribution in [0.5, 0.6) is 0 Å². The van der Waals surface area contributed by atoms with Crippen LogP contribution in [0.2, 0.25) is 0 Å². The quantitative estimate of drug-likeness (QED) is 0.589. The normalized spacial score (nSPS) is 22.2. The minimum absolute atomic E-state index is 0.270. The van der Waals surface area contributed by atoms with Crippen molar-refractivity contribution >= 4 is 0 Å². The molecule has 1 aliphatic carbocycles.